The smallest absolute Gasteiger partial charge is 0.252 e. The summed E-state index contributed by atoms with van der Waals surface area (Å²) in [6.07, 6.45) is 3.00. The molecule has 2 heterocycles. The minimum Gasteiger partial charge on any atom is -0.315 e. The fraction of sp³-hybridized carbons (Fsp3) is 0.714. The van der Waals surface area contributed by atoms with Crippen molar-refractivity contribution < 1.29 is 8.42 Å². The van der Waals surface area contributed by atoms with Crippen molar-refractivity contribution in [1.29, 1.82) is 0 Å². The van der Waals surface area contributed by atoms with Gasteiger partial charge in [0.15, 0.2) is 0 Å². The normalized spacial score (nSPS) is 21.0. The molecule has 1 fully saturated rings. The quantitative estimate of drug-likeness (QED) is 0.804. The maximum atomic E-state index is 12.8. The molecule has 1 aliphatic heterocycles. The minimum absolute atomic E-state index is 0.0726. The lowest BCUT2D eigenvalue weighted by molar-refractivity contribution is 0.244. The second-order valence-corrected chi connectivity index (χ2v) is 10.5. The summed E-state index contributed by atoms with van der Waals surface area (Å²) in [5.41, 5.74) is 0. The summed E-state index contributed by atoms with van der Waals surface area (Å²) < 4.78 is 28.6. The molecule has 0 aromatic carbocycles. The standard InChI is InChI=1S/C14H23BrN2O2S2/c1-11(2)9-16-10-12-5-3-4-8-17(12)21(18,19)14-7-6-13(15)20-14/h6-7,11-12,16H,3-5,8-10H2,1-2H3. The van der Waals surface area contributed by atoms with Gasteiger partial charge < -0.3 is 5.32 Å². The Labute approximate surface area is 140 Å². The largest absolute Gasteiger partial charge is 0.315 e. The van der Waals surface area contributed by atoms with Gasteiger partial charge >= 0.3 is 0 Å². The van der Waals surface area contributed by atoms with Crippen LogP contribution >= 0.6 is 27.3 Å². The molecule has 1 N–H and O–H groups in total. The summed E-state index contributed by atoms with van der Waals surface area (Å²) in [5.74, 6) is 0.576. The van der Waals surface area contributed by atoms with Crippen LogP contribution in [-0.2, 0) is 10.0 Å². The third-order valence-electron chi connectivity index (χ3n) is 3.62. The van der Waals surface area contributed by atoms with Gasteiger partial charge in [-0.1, -0.05) is 20.3 Å². The van der Waals surface area contributed by atoms with Gasteiger partial charge in [-0.05, 0) is 53.4 Å². The zero-order valence-electron chi connectivity index (χ0n) is 12.5. The molecule has 0 radical (unpaired) electrons. The number of piperidine rings is 1. The van der Waals surface area contributed by atoms with Crippen LogP contribution in [-0.4, -0.2) is 38.4 Å². The minimum atomic E-state index is -3.36. The Morgan fingerprint density at radius 1 is 1.43 bits per heavy atom. The van der Waals surface area contributed by atoms with Crippen LogP contribution in [0.1, 0.15) is 33.1 Å². The van der Waals surface area contributed by atoms with Gasteiger partial charge in [0.25, 0.3) is 10.0 Å². The second-order valence-electron chi connectivity index (χ2n) is 5.88. The predicted octanol–water partition coefficient (Wildman–Crippen LogP) is 3.30. The Morgan fingerprint density at radius 2 is 2.19 bits per heavy atom. The maximum Gasteiger partial charge on any atom is 0.252 e. The van der Waals surface area contributed by atoms with E-state index in [1.807, 2.05) is 0 Å². The summed E-state index contributed by atoms with van der Waals surface area (Å²) >= 11 is 4.63. The van der Waals surface area contributed by atoms with E-state index < -0.39 is 10.0 Å². The van der Waals surface area contributed by atoms with Gasteiger partial charge in [-0.15, -0.1) is 11.3 Å². The van der Waals surface area contributed by atoms with Crippen molar-refractivity contribution in [3.63, 3.8) is 0 Å². The van der Waals surface area contributed by atoms with E-state index in [1.54, 1.807) is 16.4 Å². The highest BCUT2D eigenvalue weighted by Crippen LogP contribution is 2.31. The average molecular weight is 395 g/mol. The molecule has 0 spiro atoms. The van der Waals surface area contributed by atoms with Gasteiger partial charge in [-0.2, -0.15) is 4.31 Å². The molecule has 2 rings (SSSR count). The molecule has 1 aromatic rings. The van der Waals surface area contributed by atoms with E-state index >= 15 is 0 Å². The topological polar surface area (TPSA) is 49.4 Å². The van der Waals surface area contributed by atoms with Gasteiger partial charge in [-0.3, -0.25) is 0 Å². The molecule has 0 aliphatic carbocycles. The first-order chi connectivity index (χ1) is 9.91. The Morgan fingerprint density at radius 3 is 2.81 bits per heavy atom. The highest BCUT2D eigenvalue weighted by atomic mass is 79.9. The van der Waals surface area contributed by atoms with Crippen molar-refractivity contribution in [2.75, 3.05) is 19.6 Å². The van der Waals surface area contributed by atoms with Crippen molar-refractivity contribution in [3.05, 3.63) is 15.9 Å². The van der Waals surface area contributed by atoms with Gasteiger partial charge in [0.2, 0.25) is 0 Å². The summed E-state index contributed by atoms with van der Waals surface area (Å²) in [7, 11) is -3.36. The molecule has 1 saturated heterocycles. The number of sulfonamides is 1. The Hall–Kier alpha value is 0.0500. The highest BCUT2D eigenvalue weighted by Gasteiger charge is 2.34. The summed E-state index contributed by atoms with van der Waals surface area (Å²) in [4.78, 5) is 0. The molecule has 1 unspecified atom stereocenters. The SMILES string of the molecule is CC(C)CNCC1CCCCN1S(=O)(=O)c1ccc(Br)s1. The van der Waals surface area contributed by atoms with Crippen molar-refractivity contribution in [1.82, 2.24) is 9.62 Å². The molecule has 1 aliphatic rings. The van der Waals surface area contributed by atoms with Crippen LogP contribution < -0.4 is 5.32 Å². The fourth-order valence-electron chi connectivity index (χ4n) is 2.59. The number of hydrogen-bond acceptors (Lipinski definition) is 4. The summed E-state index contributed by atoms with van der Waals surface area (Å²) in [5, 5.41) is 3.40. The second kappa shape index (κ2) is 7.55. The molecular formula is C14H23BrN2O2S2. The van der Waals surface area contributed by atoms with E-state index in [0.29, 0.717) is 16.7 Å². The van der Waals surface area contributed by atoms with E-state index in [2.05, 4.69) is 35.1 Å². The number of halogens is 1. The molecule has 120 valence electrons. The van der Waals surface area contributed by atoms with E-state index in [0.717, 1.165) is 36.1 Å². The number of hydrogen-bond donors (Lipinski definition) is 1. The molecule has 1 aromatic heterocycles. The number of rotatable bonds is 6. The number of thiophene rings is 1. The van der Waals surface area contributed by atoms with E-state index in [9.17, 15) is 8.42 Å². The first-order valence-electron chi connectivity index (χ1n) is 7.39. The summed E-state index contributed by atoms with van der Waals surface area (Å²) in [6, 6.07) is 3.56. The molecule has 4 nitrogen and oxygen atoms in total. The van der Waals surface area contributed by atoms with E-state index in [-0.39, 0.29) is 6.04 Å². The molecule has 21 heavy (non-hydrogen) atoms. The molecule has 1 atom stereocenters. The van der Waals surface area contributed by atoms with Crippen LogP contribution in [0.25, 0.3) is 0 Å². The zero-order valence-corrected chi connectivity index (χ0v) is 15.7. The maximum absolute atomic E-state index is 12.8. The highest BCUT2D eigenvalue weighted by molar-refractivity contribution is 9.11. The third-order valence-corrected chi connectivity index (χ3v) is 7.66. The van der Waals surface area contributed by atoms with E-state index in [1.165, 1.54) is 11.3 Å². The average Bonchev–Trinajstić information content (AvgIpc) is 2.86. The predicted molar refractivity (Wildman–Crippen MR) is 91.3 cm³/mol. The fourth-order valence-corrected chi connectivity index (χ4v) is 6.42. The third kappa shape index (κ3) is 4.51. The lowest BCUT2D eigenvalue weighted by atomic mass is 10.0. The number of nitrogens with zero attached hydrogens (tertiary/aromatic N) is 1. The molecular weight excluding hydrogens is 372 g/mol. The van der Waals surface area contributed by atoms with Crippen molar-refractivity contribution in [2.24, 2.45) is 5.92 Å². The molecule has 0 amide bonds. The van der Waals surface area contributed by atoms with E-state index in [4.69, 9.17) is 0 Å². The number of nitrogens with one attached hydrogen (secondary N) is 1. The Bertz CT molecular complexity index is 557. The van der Waals surface area contributed by atoms with Gasteiger partial charge in [0.05, 0.1) is 3.79 Å². The van der Waals surface area contributed by atoms with Crippen LogP contribution in [0.5, 0.6) is 0 Å². The molecule has 0 saturated carbocycles. The van der Waals surface area contributed by atoms with Crippen LogP contribution in [0.3, 0.4) is 0 Å². The molecule has 7 heteroatoms. The summed E-state index contributed by atoms with van der Waals surface area (Å²) in [6.45, 7) is 6.61. The monoisotopic (exact) mass is 394 g/mol. The van der Waals surface area contributed by atoms with Gasteiger partial charge in [0.1, 0.15) is 4.21 Å². The van der Waals surface area contributed by atoms with Crippen LogP contribution in [0.4, 0.5) is 0 Å². The van der Waals surface area contributed by atoms with Crippen LogP contribution in [0.15, 0.2) is 20.1 Å². The van der Waals surface area contributed by atoms with Crippen molar-refractivity contribution in [2.45, 2.75) is 43.4 Å². The lowest BCUT2D eigenvalue weighted by Gasteiger charge is -2.34. The Kier molecular flexibility index (Phi) is 6.25. The van der Waals surface area contributed by atoms with Gasteiger partial charge in [0, 0.05) is 19.1 Å². The first kappa shape index (κ1) is 17.4. The lowest BCUT2D eigenvalue weighted by Crippen LogP contribution is -2.48. The van der Waals surface area contributed by atoms with Crippen molar-refractivity contribution >= 4 is 37.3 Å². The van der Waals surface area contributed by atoms with Crippen molar-refractivity contribution in [3.8, 4) is 0 Å². The molecule has 0 bridgehead atoms. The van der Waals surface area contributed by atoms with Gasteiger partial charge in [-0.25, -0.2) is 8.42 Å². The zero-order chi connectivity index (χ0) is 15.5. The first-order valence-corrected chi connectivity index (χ1v) is 10.4. The van der Waals surface area contributed by atoms with Crippen LogP contribution in [0.2, 0.25) is 0 Å². The Balaban J connectivity index is 2.10. The van der Waals surface area contributed by atoms with Crippen LogP contribution in [0, 0.1) is 5.92 Å².